The normalized spacial score (nSPS) is 27.7. The van der Waals surface area contributed by atoms with Gasteiger partial charge in [0.2, 0.25) is 0 Å². The zero-order valence-corrected chi connectivity index (χ0v) is 15.0. The summed E-state index contributed by atoms with van der Waals surface area (Å²) in [5.41, 5.74) is 4.12. The van der Waals surface area contributed by atoms with Crippen LogP contribution >= 0.6 is 0 Å². The maximum atomic E-state index is 10.7. The summed E-state index contributed by atoms with van der Waals surface area (Å²) in [7, 11) is 1.76. The molecular weight excluding hydrogens is 286 g/mol. The first-order chi connectivity index (χ1) is 11.0. The number of methoxy groups -OCH3 is 1. The van der Waals surface area contributed by atoms with Gasteiger partial charge in [-0.15, -0.1) is 0 Å². The largest absolute Gasteiger partial charge is 0.496 e. The van der Waals surface area contributed by atoms with Gasteiger partial charge in [0.15, 0.2) is 0 Å². The number of ether oxygens (including phenoxy) is 1. The van der Waals surface area contributed by atoms with E-state index < -0.39 is 0 Å². The molecule has 1 fully saturated rings. The third-order valence-electron chi connectivity index (χ3n) is 5.64. The summed E-state index contributed by atoms with van der Waals surface area (Å²) in [6.45, 7) is 8.83. The molecule has 1 aromatic carbocycles. The lowest BCUT2D eigenvalue weighted by molar-refractivity contribution is -0.0191. The fourth-order valence-corrected chi connectivity index (χ4v) is 4.47. The molecule has 3 heteroatoms. The maximum absolute atomic E-state index is 10.7. The Labute approximate surface area is 140 Å². The van der Waals surface area contributed by atoms with Crippen molar-refractivity contribution < 1.29 is 9.84 Å². The Morgan fingerprint density at radius 2 is 2.13 bits per heavy atom. The SMILES string of the molecule is CCc1cc2c(cc1OC)CCN1C[C@H](CC(C)C)[C@@H](O)C[C@@H]21. The van der Waals surface area contributed by atoms with Gasteiger partial charge >= 0.3 is 0 Å². The number of hydrogen-bond donors (Lipinski definition) is 1. The minimum atomic E-state index is -0.170. The molecular formula is C20H31NO2. The highest BCUT2D eigenvalue weighted by atomic mass is 16.5. The van der Waals surface area contributed by atoms with Gasteiger partial charge in [0.05, 0.1) is 13.2 Å². The summed E-state index contributed by atoms with van der Waals surface area (Å²) < 4.78 is 5.56. The van der Waals surface area contributed by atoms with Crippen molar-refractivity contribution in [1.82, 2.24) is 4.90 Å². The molecule has 3 nitrogen and oxygen atoms in total. The molecule has 23 heavy (non-hydrogen) atoms. The van der Waals surface area contributed by atoms with E-state index in [0.29, 0.717) is 17.9 Å². The van der Waals surface area contributed by atoms with Gasteiger partial charge in [-0.2, -0.15) is 0 Å². The third-order valence-corrected chi connectivity index (χ3v) is 5.64. The number of benzene rings is 1. The van der Waals surface area contributed by atoms with E-state index in [4.69, 9.17) is 4.74 Å². The summed E-state index contributed by atoms with van der Waals surface area (Å²) in [4.78, 5) is 2.61. The summed E-state index contributed by atoms with van der Waals surface area (Å²) in [6.07, 6.45) is 3.91. The summed E-state index contributed by atoms with van der Waals surface area (Å²) in [6, 6.07) is 4.95. The lowest BCUT2D eigenvalue weighted by Crippen LogP contribution is -2.48. The minimum absolute atomic E-state index is 0.170. The van der Waals surface area contributed by atoms with E-state index in [1.54, 1.807) is 7.11 Å². The van der Waals surface area contributed by atoms with Crippen LogP contribution in [0.15, 0.2) is 12.1 Å². The first-order valence-electron chi connectivity index (χ1n) is 9.15. The molecule has 0 aromatic heterocycles. The van der Waals surface area contributed by atoms with Crippen LogP contribution in [0.5, 0.6) is 5.75 Å². The molecule has 2 aliphatic heterocycles. The zero-order chi connectivity index (χ0) is 16.6. The van der Waals surface area contributed by atoms with Crippen LogP contribution in [0.2, 0.25) is 0 Å². The lowest BCUT2D eigenvalue weighted by atomic mass is 9.78. The van der Waals surface area contributed by atoms with Crippen molar-refractivity contribution in [3.8, 4) is 5.75 Å². The van der Waals surface area contributed by atoms with Crippen molar-refractivity contribution in [2.24, 2.45) is 11.8 Å². The van der Waals surface area contributed by atoms with Gasteiger partial charge in [0.25, 0.3) is 0 Å². The molecule has 128 valence electrons. The average Bonchev–Trinajstić information content (AvgIpc) is 2.53. The van der Waals surface area contributed by atoms with Crippen molar-refractivity contribution in [3.63, 3.8) is 0 Å². The Hall–Kier alpha value is -1.06. The summed E-state index contributed by atoms with van der Waals surface area (Å²) in [5, 5.41) is 10.7. The molecule has 0 spiro atoms. The molecule has 0 aliphatic carbocycles. The van der Waals surface area contributed by atoms with Gasteiger partial charge in [-0.25, -0.2) is 0 Å². The standard InChI is InChI=1S/C20H31NO2/c1-5-14-9-17-15(10-20(14)23-4)6-7-21-12-16(8-13(2)3)19(22)11-18(17)21/h9-10,13,16,18-19,22H,5-8,11-12H2,1-4H3/t16-,18-,19-/m0/s1. The lowest BCUT2D eigenvalue weighted by Gasteiger charge is -2.46. The van der Waals surface area contributed by atoms with E-state index in [1.165, 1.54) is 16.7 Å². The third kappa shape index (κ3) is 3.27. The molecule has 0 amide bonds. The quantitative estimate of drug-likeness (QED) is 0.921. The second-order valence-electron chi connectivity index (χ2n) is 7.67. The van der Waals surface area contributed by atoms with Crippen molar-refractivity contribution in [1.29, 1.82) is 0 Å². The van der Waals surface area contributed by atoms with Gasteiger partial charge in [0, 0.05) is 19.1 Å². The highest BCUT2D eigenvalue weighted by molar-refractivity contribution is 5.45. The number of aliphatic hydroxyl groups is 1. The van der Waals surface area contributed by atoms with Crippen molar-refractivity contribution in [2.45, 2.75) is 58.6 Å². The van der Waals surface area contributed by atoms with Crippen molar-refractivity contribution in [2.75, 3.05) is 20.2 Å². The molecule has 0 saturated carbocycles. The molecule has 1 aromatic rings. The predicted molar refractivity (Wildman–Crippen MR) is 94.0 cm³/mol. The van der Waals surface area contributed by atoms with Gasteiger partial charge in [-0.3, -0.25) is 4.90 Å². The Morgan fingerprint density at radius 1 is 1.35 bits per heavy atom. The van der Waals surface area contributed by atoms with Gasteiger partial charge in [0.1, 0.15) is 5.75 Å². The van der Waals surface area contributed by atoms with Crippen LogP contribution in [0.3, 0.4) is 0 Å². The fraction of sp³-hybridized carbons (Fsp3) is 0.700. The number of nitrogens with zero attached hydrogens (tertiary/aromatic N) is 1. The molecule has 1 N–H and O–H groups in total. The summed E-state index contributed by atoms with van der Waals surface area (Å²) >= 11 is 0. The molecule has 0 bridgehead atoms. The van der Waals surface area contributed by atoms with E-state index >= 15 is 0 Å². The molecule has 1 saturated heterocycles. The van der Waals surface area contributed by atoms with Crippen LogP contribution in [0, 0.1) is 11.8 Å². The highest BCUT2D eigenvalue weighted by Gasteiger charge is 2.38. The Bertz CT molecular complexity index is 555. The topological polar surface area (TPSA) is 32.7 Å². The van der Waals surface area contributed by atoms with E-state index in [9.17, 15) is 5.11 Å². The van der Waals surface area contributed by atoms with E-state index in [-0.39, 0.29) is 6.10 Å². The van der Waals surface area contributed by atoms with Crippen LogP contribution in [0.1, 0.15) is 56.3 Å². The number of piperidine rings is 1. The van der Waals surface area contributed by atoms with Crippen LogP contribution in [-0.4, -0.2) is 36.3 Å². The average molecular weight is 317 g/mol. The Morgan fingerprint density at radius 3 is 2.78 bits per heavy atom. The van der Waals surface area contributed by atoms with Crippen molar-refractivity contribution >= 4 is 0 Å². The number of rotatable bonds is 4. The summed E-state index contributed by atoms with van der Waals surface area (Å²) in [5.74, 6) is 2.10. The number of hydrogen-bond acceptors (Lipinski definition) is 3. The second kappa shape index (κ2) is 6.82. The van der Waals surface area contributed by atoms with Crippen LogP contribution in [0.4, 0.5) is 0 Å². The fourth-order valence-electron chi connectivity index (χ4n) is 4.47. The van der Waals surface area contributed by atoms with Gasteiger partial charge < -0.3 is 9.84 Å². The first-order valence-corrected chi connectivity index (χ1v) is 9.15. The van der Waals surface area contributed by atoms with Crippen LogP contribution in [-0.2, 0) is 12.8 Å². The second-order valence-corrected chi connectivity index (χ2v) is 7.67. The van der Waals surface area contributed by atoms with Crippen molar-refractivity contribution in [3.05, 3.63) is 28.8 Å². The monoisotopic (exact) mass is 317 g/mol. The number of fused-ring (bicyclic) bond motifs is 3. The first kappa shape index (κ1) is 16.8. The molecule has 2 heterocycles. The molecule has 3 rings (SSSR count). The van der Waals surface area contributed by atoms with Gasteiger partial charge in [-0.1, -0.05) is 26.8 Å². The van der Waals surface area contributed by atoms with E-state index in [2.05, 4.69) is 37.8 Å². The van der Waals surface area contributed by atoms with E-state index in [0.717, 1.165) is 44.5 Å². The predicted octanol–water partition coefficient (Wildman–Crippen LogP) is 3.58. The maximum Gasteiger partial charge on any atom is 0.122 e. The molecule has 0 unspecified atom stereocenters. The molecule has 3 atom stereocenters. The zero-order valence-electron chi connectivity index (χ0n) is 15.0. The Kier molecular flexibility index (Phi) is 4.98. The van der Waals surface area contributed by atoms with Crippen LogP contribution in [0.25, 0.3) is 0 Å². The smallest absolute Gasteiger partial charge is 0.122 e. The molecule has 0 radical (unpaired) electrons. The Balaban J connectivity index is 1.87. The number of aryl methyl sites for hydroxylation is 1. The van der Waals surface area contributed by atoms with Crippen LogP contribution < -0.4 is 4.74 Å². The van der Waals surface area contributed by atoms with Gasteiger partial charge in [-0.05, 0) is 60.3 Å². The highest BCUT2D eigenvalue weighted by Crippen LogP contribution is 2.41. The number of aliphatic hydroxyl groups excluding tert-OH is 1. The minimum Gasteiger partial charge on any atom is -0.496 e. The van der Waals surface area contributed by atoms with E-state index in [1.807, 2.05) is 0 Å². The molecule has 2 aliphatic rings.